The number of rotatable bonds is 1. The minimum Gasteiger partial charge on any atom is -0.395 e. The molecule has 0 aliphatic carbocycles. The minimum atomic E-state index is 0.0276. The van der Waals surface area contributed by atoms with Gasteiger partial charge in [0.05, 0.1) is 17.8 Å². The van der Waals surface area contributed by atoms with Gasteiger partial charge in [-0.15, -0.1) is 0 Å². The van der Waals surface area contributed by atoms with Crippen molar-refractivity contribution in [1.82, 2.24) is 9.88 Å². The minimum absolute atomic E-state index is 0.0276. The van der Waals surface area contributed by atoms with Gasteiger partial charge in [-0.25, -0.2) is 4.98 Å². The third-order valence-electron chi connectivity index (χ3n) is 2.85. The van der Waals surface area contributed by atoms with Gasteiger partial charge in [-0.2, -0.15) is 5.26 Å². The molecule has 1 aliphatic heterocycles. The van der Waals surface area contributed by atoms with E-state index in [1.807, 2.05) is 6.07 Å². The van der Waals surface area contributed by atoms with Crippen LogP contribution in [0.3, 0.4) is 0 Å². The molecular formula is C11H13N5O. The maximum Gasteiger partial charge on any atom is 0.241 e. The van der Waals surface area contributed by atoms with Crippen LogP contribution in [0, 0.1) is 11.3 Å². The second kappa shape index (κ2) is 4.29. The van der Waals surface area contributed by atoms with E-state index in [-0.39, 0.29) is 12.5 Å². The smallest absolute Gasteiger partial charge is 0.241 e. The van der Waals surface area contributed by atoms with Crippen molar-refractivity contribution in [2.24, 2.45) is 0 Å². The van der Waals surface area contributed by atoms with Crippen LogP contribution in [0.2, 0.25) is 0 Å². The molecule has 88 valence electrons. The summed E-state index contributed by atoms with van der Waals surface area (Å²) in [6, 6.07) is 3.57. The van der Waals surface area contributed by atoms with E-state index >= 15 is 0 Å². The monoisotopic (exact) mass is 231 g/mol. The summed E-state index contributed by atoms with van der Waals surface area (Å²) < 4.78 is 0. The lowest BCUT2D eigenvalue weighted by molar-refractivity contribution is -0.129. The number of carbonyl (C=O) groups excluding carboxylic acids is 1. The predicted molar refractivity (Wildman–Crippen MR) is 63.2 cm³/mol. The molecule has 0 unspecified atom stereocenters. The van der Waals surface area contributed by atoms with Crippen LogP contribution in [0.1, 0.15) is 5.56 Å². The molecule has 0 radical (unpaired) electrons. The number of aromatic nitrogens is 1. The summed E-state index contributed by atoms with van der Waals surface area (Å²) in [5.41, 5.74) is 6.58. The van der Waals surface area contributed by atoms with Gasteiger partial charge in [0.25, 0.3) is 0 Å². The predicted octanol–water partition coefficient (Wildman–Crippen LogP) is -0.186. The van der Waals surface area contributed by atoms with E-state index in [1.165, 1.54) is 6.20 Å². The Morgan fingerprint density at radius 3 is 2.94 bits per heavy atom. The van der Waals surface area contributed by atoms with Crippen LogP contribution in [0.5, 0.6) is 0 Å². The number of nitrogens with two attached hydrogens (primary N) is 1. The molecule has 1 fully saturated rings. The zero-order valence-corrected chi connectivity index (χ0v) is 9.55. The third-order valence-corrected chi connectivity index (χ3v) is 2.85. The molecule has 0 aromatic carbocycles. The van der Waals surface area contributed by atoms with Crippen molar-refractivity contribution in [2.45, 2.75) is 0 Å². The first-order chi connectivity index (χ1) is 8.13. The van der Waals surface area contributed by atoms with Crippen molar-refractivity contribution < 1.29 is 4.79 Å². The fourth-order valence-electron chi connectivity index (χ4n) is 1.75. The van der Waals surface area contributed by atoms with Gasteiger partial charge in [-0.05, 0) is 6.07 Å². The summed E-state index contributed by atoms with van der Waals surface area (Å²) in [7, 11) is 1.77. The molecule has 1 aliphatic rings. The van der Waals surface area contributed by atoms with E-state index in [0.717, 1.165) is 0 Å². The second-order valence-corrected chi connectivity index (χ2v) is 3.94. The molecule has 0 bridgehead atoms. The number of piperazine rings is 1. The lowest BCUT2D eigenvalue weighted by Crippen LogP contribution is -2.49. The Labute approximate surface area is 99.2 Å². The molecule has 1 saturated heterocycles. The van der Waals surface area contributed by atoms with Crippen LogP contribution in [-0.4, -0.2) is 42.5 Å². The maximum absolute atomic E-state index is 11.6. The molecule has 2 rings (SSSR count). The van der Waals surface area contributed by atoms with E-state index in [9.17, 15) is 4.79 Å². The zero-order chi connectivity index (χ0) is 12.4. The molecule has 6 heteroatoms. The van der Waals surface area contributed by atoms with Crippen LogP contribution in [0.4, 0.5) is 11.5 Å². The molecule has 0 spiro atoms. The topological polar surface area (TPSA) is 86.2 Å². The van der Waals surface area contributed by atoms with Crippen LogP contribution in [-0.2, 0) is 4.79 Å². The highest BCUT2D eigenvalue weighted by molar-refractivity contribution is 5.84. The number of likely N-dealkylation sites (N-methyl/N-ethyl adjacent to an activating group) is 1. The molecule has 2 N–H and O–H groups in total. The number of pyridine rings is 1. The van der Waals surface area contributed by atoms with E-state index < -0.39 is 0 Å². The summed E-state index contributed by atoms with van der Waals surface area (Å²) >= 11 is 0. The van der Waals surface area contributed by atoms with E-state index in [1.54, 1.807) is 22.9 Å². The molecule has 0 atom stereocenters. The van der Waals surface area contributed by atoms with Crippen molar-refractivity contribution >= 4 is 17.4 Å². The summed E-state index contributed by atoms with van der Waals surface area (Å²) in [5.74, 6) is 0.547. The van der Waals surface area contributed by atoms with Crippen molar-refractivity contribution in [3.63, 3.8) is 0 Å². The van der Waals surface area contributed by atoms with Gasteiger partial charge in [0, 0.05) is 26.3 Å². The van der Waals surface area contributed by atoms with Crippen LogP contribution < -0.4 is 10.6 Å². The van der Waals surface area contributed by atoms with Crippen LogP contribution in [0.25, 0.3) is 0 Å². The average molecular weight is 231 g/mol. The molecule has 1 amide bonds. The quantitative estimate of drug-likeness (QED) is 0.724. The number of hydrogen-bond acceptors (Lipinski definition) is 5. The van der Waals surface area contributed by atoms with Crippen molar-refractivity contribution in [3.8, 4) is 6.07 Å². The van der Waals surface area contributed by atoms with Crippen LogP contribution in [0.15, 0.2) is 12.3 Å². The van der Waals surface area contributed by atoms with Gasteiger partial charge >= 0.3 is 0 Å². The Kier molecular flexibility index (Phi) is 2.83. The second-order valence-electron chi connectivity index (χ2n) is 3.94. The highest BCUT2D eigenvalue weighted by Crippen LogP contribution is 2.24. The number of carbonyl (C=O) groups is 1. The standard InChI is InChI=1S/C11H13N5O/c1-15-4-5-16(7-9(15)17)11-10(13)8(6-12)2-3-14-11/h2-3H,4-5,7,13H2,1H3. The van der Waals surface area contributed by atoms with Crippen molar-refractivity contribution in [3.05, 3.63) is 17.8 Å². The fraction of sp³-hybridized carbons (Fsp3) is 0.364. The summed E-state index contributed by atoms with van der Waals surface area (Å²) in [5, 5.41) is 8.88. The number of amides is 1. The van der Waals surface area contributed by atoms with Crippen molar-refractivity contribution in [2.75, 3.05) is 37.3 Å². The van der Waals surface area contributed by atoms with Gasteiger partial charge in [-0.3, -0.25) is 4.79 Å². The van der Waals surface area contributed by atoms with E-state index in [4.69, 9.17) is 11.0 Å². The van der Waals surface area contributed by atoms with Crippen LogP contribution >= 0.6 is 0 Å². The molecule has 2 heterocycles. The SMILES string of the molecule is CN1CCN(c2nccc(C#N)c2N)CC1=O. The molecule has 6 nitrogen and oxygen atoms in total. The molecule has 0 saturated carbocycles. The summed E-state index contributed by atoms with van der Waals surface area (Å²) in [6.07, 6.45) is 1.53. The lowest BCUT2D eigenvalue weighted by Gasteiger charge is -2.33. The Balaban J connectivity index is 2.30. The first kappa shape index (κ1) is 11.2. The highest BCUT2D eigenvalue weighted by atomic mass is 16.2. The Hall–Kier alpha value is -2.29. The Morgan fingerprint density at radius 2 is 2.29 bits per heavy atom. The van der Waals surface area contributed by atoms with Gasteiger partial charge in [0.15, 0.2) is 5.82 Å². The number of hydrogen-bond donors (Lipinski definition) is 1. The third kappa shape index (κ3) is 1.99. The first-order valence-electron chi connectivity index (χ1n) is 5.27. The van der Waals surface area contributed by atoms with Gasteiger partial charge in [0.2, 0.25) is 5.91 Å². The Morgan fingerprint density at radius 1 is 1.53 bits per heavy atom. The first-order valence-corrected chi connectivity index (χ1v) is 5.27. The number of nitrogen functional groups attached to an aromatic ring is 1. The van der Waals surface area contributed by atoms with Gasteiger partial charge in [-0.1, -0.05) is 0 Å². The Bertz CT molecular complexity index is 493. The molecule has 1 aromatic rings. The van der Waals surface area contributed by atoms with Gasteiger partial charge < -0.3 is 15.5 Å². The van der Waals surface area contributed by atoms with Crippen molar-refractivity contribution in [1.29, 1.82) is 5.26 Å². The molecular weight excluding hydrogens is 218 g/mol. The largest absolute Gasteiger partial charge is 0.395 e. The maximum atomic E-state index is 11.6. The average Bonchev–Trinajstić information content (AvgIpc) is 2.33. The highest BCUT2D eigenvalue weighted by Gasteiger charge is 2.23. The summed E-state index contributed by atoms with van der Waals surface area (Å²) in [4.78, 5) is 19.2. The van der Waals surface area contributed by atoms with E-state index in [0.29, 0.717) is 30.2 Å². The number of anilines is 2. The molecule has 17 heavy (non-hydrogen) atoms. The zero-order valence-electron chi connectivity index (χ0n) is 9.55. The number of nitriles is 1. The normalized spacial score (nSPS) is 15.9. The summed E-state index contributed by atoms with van der Waals surface area (Å²) in [6.45, 7) is 1.56. The fourth-order valence-corrected chi connectivity index (χ4v) is 1.75. The molecule has 1 aromatic heterocycles. The van der Waals surface area contributed by atoms with E-state index in [2.05, 4.69) is 4.98 Å². The number of nitrogens with zero attached hydrogens (tertiary/aromatic N) is 4. The van der Waals surface area contributed by atoms with Gasteiger partial charge in [0.1, 0.15) is 6.07 Å². The lowest BCUT2D eigenvalue weighted by atomic mass is 10.2.